The van der Waals surface area contributed by atoms with E-state index in [1.165, 1.54) is 12.1 Å². The maximum absolute atomic E-state index is 12.9. The van der Waals surface area contributed by atoms with Crippen molar-refractivity contribution in [2.75, 3.05) is 0 Å². The molecule has 1 aromatic heterocycles. The van der Waals surface area contributed by atoms with E-state index in [4.69, 9.17) is 4.52 Å². The maximum atomic E-state index is 12.9. The van der Waals surface area contributed by atoms with Crippen LogP contribution in [0.1, 0.15) is 30.8 Å². The summed E-state index contributed by atoms with van der Waals surface area (Å²) < 4.78 is 18.1. The molecule has 128 valence electrons. The first-order valence-electron chi connectivity index (χ1n) is 8.04. The van der Waals surface area contributed by atoms with Crippen molar-refractivity contribution in [2.24, 2.45) is 0 Å². The zero-order valence-corrected chi connectivity index (χ0v) is 13.8. The highest BCUT2D eigenvalue weighted by molar-refractivity contribution is 5.76. The number of amides is 1. The van der Waals surface area contributed by atoms with Crippen LogP contribution in [0.4, 0.5) is 4.39 Å². The van der Waals surface area contributed by atoms with Crippen LogP contribution in [0.3, 0.4) is 0 Å². The van der Waals surface area contributed by atoms with Crippen LogP contribution < -0.4 is 5.32 Å². The van der Waals surface area contributed by atoms with Crippen LogP contribution in [0.15, 0.2) is 59.1 Å². The number of carbonyl (C=O) groups is 1. The van der Waals surface area contributed by atoms with Crippen molar-refractivity contribution in [3.63, 3.8) is 0 Å². The van der Waals surface area contributed by atoms with Crippen molar-refractivity contribution >= 4 is 5.91 Å². The Kier molecular flexibility index (Phi) is 5.18. The molecule has 0 aliphatic heterocycles. The van der Waals surface area contributed by atoms with E-state index >= 15 is 0 Å². The third kappa shape index (κ3) is 4.50. The van der Waals surface area contributed by atoms with Gasteiger partial charge in [-0.25, -0.2) is 4.39 Å². The molecule has 1 atom stereocenters. The predicted molar refractivity (Wildman–Crippen MR) is 91.0 cm³/mol. The quantitative estimate of drug-likeness (QED) is 0.744. The largest absolute Gasteiger partial charge is 0.350 e. The van der Waals surface area contributed by atoms with Crippen molar-refractivity contribution < 1.29 is 13.7 Å². The molecule has 1 N–H and O–H groups in total. The number of hydrogen-bond acceptors (Lipinski definition) is 4. The third-order valence-corrected chi connectivity index (χ3v) is 3.81. The molecule has 0 aliphatic rings. The third-order valence-electron chi connectivity index (χ3n) is 3.81. The van der Waals surface area contributed by atoms with Gasteiger partial charge in [0.2, 0.25) is 17.6 Å². The van der Waals surface area contributed by atoms with Gasteiger partial charge < -0.3 is 9.84 Å². The Balaban J connectivity index is 1.53. The van der Waals surface area contributed by atoms with Gasteiger partial charge in [0.25, 0.3) is 0 Å². The van der Waals surface area contributed by atoms with E-state index in [2.05, 4.69) is 15.5 Å². The first-order chi connectivity index (χ1) is 12.1. The average molecular weight is 339 g/mol. The van der Waals surface area contributed by atoms with Gasteiger partial charge in [-0.2, -0.15) is 4.98 Å². The molecule has 0 spiro atoms. The highest BCUT2D eigenvalue weighted by atomic mass is 19.1. The van der Waals surface area contributed by atoms with E-state index in [1.807, 2.05) is 37.3 Å². The van der Waals surface area contributed by atoms with Gasteiger partial charge in [-0.05, 0) is 36.8 Å². The topological polar surface area (TPSA) is 68.0 Å². The minimum atomic E-state index is -0.323. The smallest absolute Gasteiger partial charge is 0.227 e. The Morgan fingerprint density at radius 2 is 1.88 bits per heavy atom. The second-order valence-electron chi connectivity index (χ2n) is 5.72. The van der Waals surface area contributed by atoms with Gasteiger partial charge in [-0.1, -0.05) is 35.5 Å². The summed E-state index contributed by atoms with van der Waals surface area (Å²) in [5, 5.41) is 6.80. The fourth-order valence-electron chi connectivity index (χ4n) is 2.43. The lowest BCUT2D eigenvalue weighted by molar-refractivity contribution is -0.121. The lowest BCUT2D eigenvalue weighted by Gasteiger charge is -2.13. The minimum absolute atomic E-state index is 0.0637. The summed E-state index contributed by atoms with van der Waals surface area (Å²) in [5.41, 5.74) is 1.71. The van der Waals surface area contributed by atoms with Crippen LogP contribution in [0.2, 0.25) is 0 Å². The van der Waals surface area contributed by atoms with Crippen LogP contribution in [0.25, 0.3) is 11.4 Å². The zero-order chi connectivity index (χ0) is 17.6. The molecule has 0 saturated carbocycles. The van der Waals surface area contributed by atoms with Crippen LogP contribution in [-0.2, 0) is 11.2 Å². The van der Waals surface area contributed by atoms with Gasteiger partial charge in [0.05, 0.1) is 6.04 Å². The summed E-state index contributed by atoms with van der Waals surface area (Å²) in [6, 6.07) is 15.5. The molecule has 25 heavy (non-hydrogen) atoms. The van der Waals surface area contributed by atoms with Crippen molar-refractivity contribution in [2.45, 2.75) is 25.8 Å². The molecule has 0 fully saturated rings. The van der Waals surface area contributed by atoms with Gasteiger partial charge in [0.1, 0.15) is 5.82 Å². The van der Waals surface area contributed by atoms with E-state index in [0.29, 0.717) is 23.7 Å². The Morgan fingerprint density at radius 3 is 2.60 bits per heavy atom. The highest BCUT2D eigenvalue weighted by Crippen LogP contribution is 2.17. The van der Waals surface area contributed by atoms with E-state index < -0.39 is 0 Å². The van der Waals surface area contributed by atoms with Gasteiger partial charge in [0, 0.05) is 18.4 Å². The van der Waals surface area contributed by atoms with Crippen molar-refractivity contribution in [3.05, 3.63) is 71.9 Å². The SMILES string of the molecule is C[C@@H](NC(=O)CCc1nc(-c2ccc(F)cc2)no1)c1ccccc1. The molecule has 0 unspecified atom stereocenters. The summed E-state index contributed by atoms with van der Waals surface area (Å²) in [7, 11) is 0. The molecular weight excluding hydrogens is 321 g/mol. The number of nitrogens with one attached hydrogen (secondary N) is 1. The Bertz CT molecular complexity index is 831. The van der Waals surface area contributed by atoms with Crippen LogP contribution in [0, 0.1) is 5.82 Å². The fourth-order valence-corrected chi connectivity index (χ4v) is 2.43. The number of aromatic nitrogens is 2. The summed E-state index contributed by atoms with van der Waals surface area (Å²) in [6.07, 6.45) is 0.601. The molecule has 0 bridgehead atoms. The molecule has 1 amide bonds. The Hall–Kier alpha value is -3.02. The first-order valence-corrected chi connectivity index (χ1v) is 8.04. The number of carbonyl (C=O) groups excluding carboxylic acids is 1. The summed E-state index contributed by atoms with van der Waals surface area (Å²) >= 11 is 0. The highest BCUT2D eigenvalue weighted by Gasteiger charge is 2.13. The van der Waals surface area contributed by atoms with Gasteiger partial charge in [-0.15, -0.1) is 0 Å². The monoisotopic (exact) mass is 339 g/mol. The molecule has 0 aliphatic carbocycles. The molecule has 0 radical (unpaired) electrons. The van der Waals surface area contributed by atoms with Gasteiger partial charge in [-0.3, -0.25) is 4.79 Å². The Morgan fingerprint density at radius 1 is 1.16 bits per heavy atom. The van der Waals surface area contributed by atoms with Crippen LogP contribution in [0.5, 0.6) is 0 Å². The second kappa shape index (κ2) is 7.70. The summed E-state index contributed by atoms with van der Waals surface area (Å²) in [4.78, 5) is 16.3. The van der Waals surface area contributed by atoms with Gasteiger partial charge >= 0.3 is 0 Å². The molecule has 1 heterocycles. The standard InChI is InChI=1S/C19H18FN3O2/c1-13(14-5-3-2-4-6-14)21-17(24)11-12-18-22-19(23-25-18)15-7-9-16(20)10-8-15/h2-10,13H,11-12H2,1H3,(H,21,24)/t13-/m1/s1. The molecule has 0 saturated heterocycles. The molecule has 5 nitrogen and oxygen atoms in total. The summed E-state index contributed by atoms with van der Waals surface area (Å²) in [6.45, 7) is 1.94. The number of hydrogen-bond donors (Lipinski definition) is 1. The van der Waals surface area contributed by atoms with Crippen LogP contribution in [-0.4, -0.2) is 16.0 Å². The van der Waals surface area contributed by atoms with E-state index in [9.17, 15) is 9.18 Å². The number of benzene rings is 2. The first kappa shape index (κ1) is 16.8. The van der Waals surface area contributed by atoms with E-state index in [1.54, 1.807) is 12.1 Å². The van der Waals surface area contributed by atoms with Crippen LogP contribution >= 0.6 is 0 Å². The zero-order valence-electron chi connectivity index (χ0n) is 13.8. The summed E-state index contributed by atoms with van der Waals surface area (Å²) in [5.74, 6) is 0.351. The minimum Gasteiger partial charge on any atom is -0.350 e. The lowest BCUT2D eigenvalue weighted by Crippen LogP contribution is -2.26. The molecule has 3 rings (SSSR count). The number of rotatable bonds is 6. The van der Waals surface area contributed by atoms with Crippen molar-refractivity contribution in [1.82, 2.24) is 15.5 Å². The number of halogens is 1. The Labute approximate surface area is 144 Å². The molecule has 3 aromatic rings. The number of nitrogens with zero attached hydrogens (tertiary/aromatic N) is 2. The molecule has 6 heteroatoms. The fraction of sp³-hybridized carbons (Fsp3) is 0.211. The van der Waals surface area contributed by atoms with Crippen molar-refractivity contribution in [1.29, 1.82) is 0 Å². The lowest BCUT2D eigenvalue weighted by atomic mass is 10.1. The molecular formula is C19H18FN3O2. The molecule has 2 aromatic carbocycles. The number of aryl methyl sites for hydroxylation is 1. The predicted octanol–water partition coefficient (Wildman–Crippen LogP) is 3.69. The van der Waals surface area contributed by atoms with E-state index in [-0.39, 0.29) is 24.2 Å². The maximum Gasteiger partial charge on any atom is 0.227 e. The van der Waals surface area contributed by atoms with Crippen molar-refractivity contribution in [3.8, 4) is 11.4 Å². The average Bonchev–Trinajstić information content (AvgIpc) is 3.10. The van der Waals surface area contributed by atoms with Gasteiger partial charge in [0.15, 0.2) is 0 Å². The second-order valence-corrected chi connectivity index (χ2v) is 5.72. The van der Waals surface area contributed by atoms with E-state index in [0.717, 1.165) is 5.56 Å². The normalized spacial score (nSPS) is 11.9.